The first-order valence-corrected chi connectivity index (χ1v) is 10.4. The van der Waals surface area contributed by atoms with E-state index < -0.39 is 17.4 Å². The van der Waals surface area contributed by atoms with Crippen LogP contribution in [0.5, 0.6) is 5.75 Å². The number of benzene rings is 1. The molecule has 0 bridgehead atoms. The molecule has 3 aromatic rings. The van der Waals surface area contributed by atoms with Crippen molar-refractivity contribution in [2.45, 2.75) is 12.6 Å². The number of aryl methyl sites for hydroxylation is 1. The number of aliphatic hydroxyl groups excluding tert-OH is 1. The van der Waals surface area contributed by atoms with E-state index >= 15 is 0 Å². The van der Waals surface area contributed by atoms with E-state index in [2.05, 4.69) is 19.8 Å². The molecule has 3 heterocycles. The predicted octanol–water partition coefficient (Wildman–Crippen LogP) is 0.268. The number of nitrogens with zero attached hydrogens (tertiary/aromatic N) is 5. The number of nitrogens with one attached hydrogen (secondary N) is 1. The van der Waals surface area contributed by atoms with Gasteiger partial charge in [0.25, 0.3) is 5.56 Å². The number of aromatic amines is 1. The van der Waals surface area contributed by atoms with Gasteiger partial charge in [-0.05, 0) is 19.2 Å². The van der Waals surface area contributed by atoms with Gasteiger partial charge in [-0.2, -0.15) is 4.98 Å². The van der Waals surface area contributed by atoms with Crippen LogP contribution in [0.3, 0.4) is 0 Å². The summed E-state index contributed by atoms with van der Waals surface area (Å²) in [5.41, 5.74) is -0.547. The molecule has 1 aromatic carbocycles. The zero-order valence-electron chi connectivity index (χ0n) is 17.4. The summed E-state index contributed by atoms with van der Waals surface area (Å²) in [6.45, 7) is 3.18. The van der Waals surface area contributed by atoms with Crippen LogP contribution in [-0.4, -0.2) is 75.0 Å². The lowest BCUT2D eigenvalue weighted by atomic mass is 10.3. The van der Waals surface area contributed by atoms with Crippen LogP contribution in [0.2, 0.25) is 5.02 Å². The molecule has 4 rings (SSSR count). The number of imidazole rings is 1. The van der Waals surface area contributed by atoms with Gasteiger partial charge in [0.15, 0.2) is 11.2 Å². The number of hydrogen-bond acceptors (Lipinski definition) is 7. The van der Waals surface area contributed by atoms with Crippen LogP contribution in [0.25, 0.3) is 11.2 Å². The predicted molar refractivity (Wildman–Crippen MR) is 118 cm³/mol. The molecule has 2 aromatic heterocycles. The van der Waals surface area contributed by atoms with Gasteiger partial charge in [0, 0.05) is 33.2 Å². The minimum absolute atomic E-state index is 0.0186. The summed E-state index contributed by atoms with van der Waals surface area (Å²) in [7, 11) is 3.60. The number of likely N-dealkylation sites (N-methyl/N-ethyl adjacent to an activating group) is 1. The standard InChI is InChI=1S/C20H25ClN6O4/c1-24-7-9-26(10-8-24)19-22-17-16(18(29)23-20(30)25(17)2)27(19)11-13(28)12-31-15-6-4-3-5-14(15)21/h3-6,13,28H,7-12H2,1-2H3,(H,23,29,30)/t13-/m1/s1. The van der Waals surface area contributed by atoms with Crippen molar-refractivity contribution in [1.82, 2.24) is 24.0 Å². The zero-order chi connectivity index (χ0) is 22.1. The Bertz CT molecular complexity index is 1190. The van der Waals surface area contributed by atoms with Gasteiger partial charge in [0.2, 0.25) is 5.95 Å². The van der Waals surface area contributed by atoms with E-state index in [1.807, 2.05) is 7.05 Å². The number of para-hydroxylation sites is 1. The van der Waals surface area contributed by atoms with Gasteiger partial charge in [0.1, 0.15) is 18.5 Å². The van der Waals surface area contributed by atoms with Crippen molar-refractivity contribution >= 4 is 28.7 Å². The van der Waals surface area contributed by atoms with Crippen LogP contribution in [-0.2, 0) is 13.6 Å². The molecule has 0 amide bonds. The van der Waals surface area contributed by atoms with Gasteiger partial charge in [-0.1, -0.05) is 23.7 Å². The van der Waals surface area contributed by atoms with Crippen molar-refractivity contribution in [3.8, 4) is 5.75 Å². The van der Waals surface area contributed by atoms with E-state index in [-0.39, 0.29) is 24.3 Å². The molecular weight excluding hydrogens is 424 g/mol. The van der Waals surface area contributed by atoms with Gasteiger partial charge in [-0.3, -0.25) is 14.3 Å². The summed E-state index contributed by atoms with van der Waals surface area (Å²) in [5.74, 6) is 1.02. The molecule has 0 unspecified atom stereocenters. The Balaban J connectivity index is 1.67. The molecule has 1 aliphatic heterocycles. The molecule has 11 heteroatoms. The van der Waals surface area contributed by atoms with Crippen molar-refractivity contribution in [3.05, 3.63) is 50.1 Å². The zero-order valence-corrected chi connectivity index (χ0v) is 18.2. The normalized spacial score (nSPS) is 16.1. The van der Waals surface area contributed by atoms with Crippen LogP contribution < -0.4 is 20.9 Å². The number of fused-ring (bicyclic) bond motifs is 1. The fourth-order valence-electron chi connectivity index (χ4n) is 3.66. The minimum Gasteiger partial charge on any atom is -0.489 e. The summed E-state index contributed by atoms with van der Waals surface area (Å²) in [6, 6.07) is 7.01. The molecule has 166 valence electrons. The average Bonchev–Trinajstić information content (AvgIpc) is 3.12. The lowest BCUT2D eigenvalue weighted by Gasteiger charge is -2.33. The Kier molecular flexibility index (Phi) is 6.03. The molecule has 0 radical (unpaired) electrons. The number of aromatic nitrogens is 4. The minimum atomic E-state index is -0.934. The van der Waals surface area contributed by atoms with Gasteiger partial charge < -0.3 is 24.2 Å². The second-order valence-corrected chi connectivity index (χ2v) is 8.11. The molecule has 31 heavy (non-hydrogen) atoms. The summed E-state index contributed by atoms with van der Waals surface area (Å²) in [6.07, 6.45) is -0.934. The van der Waals surface area contributed by atoms with Crippen molar-refractivity contribution < 1.29 is 9.84 Å². The third kappa shape index (κ3) is 4.32. The van der Waals surface area contributed by atoms with E-state index in [0.717, 1.165) is 26.2 Å². The first kappa shape index (κ1) is 21.4. The van der Waals surface area contributed by atoms with E-state index in [1.54, 1.807) is 35.9 Å². The highest BCUT2D eigenvalue weighted by atomic mass is 35.5. The fraction of sp³-hybridized carbons (Fsp3) is 0.450. The second-order valence-electron chi connectivity index (χ2n) is 7.70. The van der Waals surface area contributed by atoms with E-state index in [1.165, 1.54) is 4.57 Å². The van der Waals surface area contributed by atoms with Crippen LogP contribution in [0.1, 0.15) is 0 Å². The number of hydrogen-bond donors (Lipinski definition) is 2. The smallest absolute Gasteiger partial charge is 0.329 e. The molecule has 1 fully saturated rings. The number of piperazine rings is 1. The lowest BCUT2D eigenvalue weighted by molar-refractivity contribution is 0.0936. The lowest BCUT2D eigenvalue weighted by Crippen LogP contribution is -2.45. The summed E-state index contributed by atoms with van der Waals surface area (Å²) < 4.78 is 8.63. The number of rotatable bonds is 6. The fourth-order valence-corrected chi connectivity index (χ4v) is 3.85. The Morgan fingerprint density at radius 1 is 1.19 bits per heavy atom. The Labute approximate surface area is 183 Å². The maximum absolute atomic E-state index is 12.6. The van der Waals surface area contributed by atoms with Gasteiger partial charge in [-0.15, -0.1) is 0 Å². The quantitative estimate of drug-likeness (QED) is 0.557. The molecule has 1 aliphatic rings. The molecule has 0 spiro atoms. The molecule has 0 saturated carbocycles. The Morgan fingerprint density at radius 2 is 1.90 bits per heavy atom. The van der Waals surface area contributed by atoms with Gasteiger partial charge in [0.05, 0.1) is 11.6 Å². The molecule has 10 nitrogen and oxygen atoms in total. The summed E-state index contributed by atoms with van der Waals surface area (Å²) in [4.78, 5) is 35.9. The highest BCUT2D eigenvalue weighted by Crippen LogP contribution is 2.24. The molecule has 1 saturated heterocycles. The van der Waals surface area contributed by atoms with Crippen LogP contribution >= 0.6 is 11.6 Å². The number of halogens is 1. The van der Waals surface area contributed by atoms with Crippen molar-refractivity contribution in [2.75, 3.05) is 44.7 Å². The summed E-state index contributed by atoms with van der Waals surface area (Å²) in [5, 5.41) is 11.1. The molecule has 2 N–H and O–H groups in total. The third-order valence-electron chi connectivity index (χ3n) is 5.43. The molecule has 1 atom stereocenters. The highest BCUT2D eigenvalue weighted by Gasteiger charge is 2.25. The van der Waals surface area contributed by atoms with E-state index in [9.17, 15) is 14.7 Å². The maximum Gasteiger partial charge on any atom is 0.329 e. The van der Waals surface area contributed by atoms with Crippen molar-refractivity contribution in [3.63, 3.8) is 0 Å². The van der Waals surface area contributed by atoms with Crippen molar-refractivity contribution in [1.29, 1.82) is 0 Å². The van der Waals surface area contributed by atoms with Crippen LogP contribution in [0.4, 0.5) is 5.95 Å². The van der Waals surface area contributed by atoms with Crippen LogP contribution in [0, 0.1) is 0 Å². The SMILES string of the molecule is CN1CCN(c2nc3c(c(=O)[nH]c(=O)n3C)n2C[C@@H](O)COc2ccccc2Cl)CC1. The monoisotopic (exact) mass is 448 g/mol. The first-order valence-electron chi connectivity index (χ1n) is 10.0. The topological polar surface area (TPSA) is 109 Å². The van der Waals surface area contributed by atoms with Gasteiger partial charge in [-0.25, -0.2) is 4.79 Å². The van der Waals surface area contributed by atoms with Crippen molar-refractivity contribution in [2.24, 2.45) is 7.05 Å². The van der Waals surface area contributed by atoms with Crippen LogP contribution in [0.15, 0.2) is 33.9 Å². The van der Waals surface area contributed by atoms with E-state index in [0.29, 0.717) is 16.7 Å². The van der Waals surface area contributed by atoms with E-state index in [4.69, 9.17) is 16.3 Å². The Morgan fingerprint density at radius 3 is 2.61 bits per heavy atom. The Hall–Kier alpha value is -2.82. The maximum atomic E-state index is 12.6. The number of anilines is 1. The largest absolute Gasteiger partial charge is 0.489 e. The number of ether oxygens (including phenoxy) is 1. The highest BCUT2D eigenvalue weighted by molar-refractivity contribution is 6.32. The molecule has 0 aliphatic carbocycles. The number of H-pyrrole nitrogens is 1. The van der Waals surface area contributed by atoms with Gasteiger partial charge >= 0.3 is 5.69 Å². The number of aliphatic hydroxyl groups is 1. The summed E-state index contributed by atoms with van der Waals surface area (Å²) >= 11 is 6.11. The molecular formula is C20H25ClN6O4. The first-order chi connectivity index (χ1) is 14.8. The third-order valence-corrected chi connectivity index (χ3v) is 5.75. The average molecular weight is 449 g/mol. The second kappa shape index (κ2) is 8.74.